The molecule has 7 heteroatoms. The minimum Gasteiger partial charge on any atom is -0.462 e. The number of hydrogen-bond acceptors (Lipinski definition) is 4. The van der Waals surface area contributed by atoms with Gasteiger partial charge >= 0.3 is 5.97 Å². The van der Waals surface area contributed by atoms with Crippen molar-refractivity contribution in [2.24, 2.45) is 0 Å². The summed E-state index contributed by atoms with van der Waals surface area (Å²) in [5.74, 6) is 0.312. The van der Waals surface area contributed by atoms with Crippen LogP contribution in [0.4, 0.5) is 5.69 Å². The first-order valence-corrected chi connectivity index (χ1v) is 9.91. The Balaban J connectivity index is 1.93. The highest BCUT2D eigenvalue weighted by atomic mass is 35.5. The number of nitrogens with one attached hydrogen (secondary N) is 1. The van der Waals surface area contributed by atoms with Crippen molar-refractivity contribution in [3.63, 3.8) is 0 Å². The summed E-state index contributed by atoms with van der Waals surface area (Å²) in [6, 6.07) is 10.4. The molecule has 0 heterocycles. The molecule has 4 nitrogen and oxygen atoms in total. The fraction of sp³-hybridized carbons (Fsp3) is 0.263. The molecule has 0 saturated heterocycles. The molecule has 0 aliphatic carbocycles. The number of benzene rings is 2. The Kier molecular flexibility index (Phi) is 7.82. The summed E-state index contributed by atoms with van der Waals surface area (Å²) < 4.78 is 4.98. The van der Waals surface area contributed by atoms with Gasteiger partial charge in [0.1, 0.15) is 0 Å². The predicted molar refractivity (Wildman–Crippen MR) is 108 cm³/mol. The number of ether oxygens (including phenoxy) is 1. The molecule has 0 fully saturated rings. The maximum absolute atomic E-state index is 12.2. The topological polar surface area (TPSA) is 55.4 Å². The van der Waals surface area contributed by atoms with Crippen LogP contribution in [0.2, 0.25) is 10.0 Å². The SMILES string of the molecule is CCOC(=O)c1ccc(C)c(NC(=O)CSCc2ccc(Cl)cc2Cl)c1. The molecule has 0 spiro atoms. The number of aryl methyl sites for hydroxylation is 1. The Bertz CT molecular complexity index is 811. The van der Waals surface area contributed by atoms with Gasteiger partial charge in [0.05, 0.1) is 17.9 Å². The fourth-order valence-corrected chi connectivity index (χ4v) is 3.56. The van der Waals surface area contributed by atoms with Crippen molar-refractivity contribution in [3.05, 3.63) is 63.1 Å². The third-order valence-electron chi connectivity index (χ3n) is 3.53. The third kappa shape index (κ3) is 5.94. The highest BCUT2D eigenvalue weighted by Gasteiger charge is 2.11. The van der Waals surface area contributed by atoms with Crippen molar-refractivity contribution in [1.29, 1.82) is 0 Å². The van der Waals surface area contributed by atoms with Crippen molar-refractivity contribution < 1.29 is 14.3 Å². The maximum Gasteiger partial charge on any atom is 0.338 e. The second-order valence-corrected chi connectivity index (χ2v) is 7.36. The zero-order chi connectivity index (χ0) is 19.1. The number of thioether (sulfide) groups is 1. The lowest BCUT2D eigenvalue weighted by Gasteiger charge is -2.10. The van der Waals surface area contributed by atoms with E-state index in [1.165, 1.54) is 11.8 Å². The quantitative estimate of drug-likeness (QED) is 0.623. The van der Waals surface area contributed by atoms with E-state index in [2.05, 4.69) is 5.32 Å². The van der Waals surface area contributed by atoms with E-state index in [9.17, 15) is 9.59 Å². The van der Waals surface area contributed by atoms with Crippen molar-refractivity contribution >= 4 is 52.5 Å². The Labute approximate surface area is 167 Å². The molecule has 0 radical (unpaired) electrons. The van der Waals surface area contributed by atoms with Gasteiger partial charge in [0.2, 0.25) is 5.91 Å². The number of carbonyl (C=O) groups is 2. The molecule has 0 aliphatic heterocycles. The molecular weight excluding hydrogens is 393 g/mol. The van der Waals surface area contributed by atoms with Gasteiger partial charge in [-0.15, -0.1) is 11.8 Å². The van der Waals surface area contributed by atoms with E-state index >= 15 is 0 Å². The standard InChI is InChI=1S/C19H19Cl2NO3S/c1-3-25-19(24)13-5-4-12(2)17(8-13)22-18(23)11-26-10-14-6-7-15(20)9-16(14)21/h4-9H,3,10-11H2,1-2H3,(H,22,23). The van der Waals surface area contributed by atoms with Crippen LogP contribution in [0.1, 0.15) is 28.4 Å². The first-order chi connectivity index (χ1) is 12.4. The van der Waals surface area contributed by atoms with Gasteiger partial charge < -0.3 is 10.1 Å². The molecule has 1 amide bonds. The summed E-state index contributed by atoms with van der Waals surface area (Å²) in [6.45, 7) is 3.92. The average molecular weight is 412 g/mol. The second kappa shape index (κ2) is 9.86. The Morgan fingerprint density at radius 3 is 2.62 bits per heavy atom. The monoisotopic (exact) mass is 411 g/mol. The Morgan fingerprint density at radius 1 is 1.15 bits per heavy atom. The highest BCUT2D eigenvalue weighted by molar-refractivity contribution is 7.99. The molecule has 2 aromatic rings. The van der Waals surface area contributed by atoms with Gasteiger partial charge in [0, 0.05) is 21.5 Å². The number of esters is 1. The molecule has 138 valence electrons. The van der Waals surface area contributed by atoms with Crippen molar-refractivity contribution in [3.8, 4) is 0 Å². The van der Waals surface area contributed by atoms with E-state index in [1.807, 2.05) is 13.0 Å². The van der Waals surface area contributed by atoms with Crippen LogP contribution in [0, 0.1) is 6.92 Å². The molecule has 0 unspecified atom stereocenters. The first-order valence-electron chi connectivity index (χ1n) is 8.00. The van der Waals surface area contributed by atoms with Crippen LogP contribution < -0.4 is 5.32 Å². The molecule has 26 heavy (non-hydrogen) atoms. The lowest BCUT2D eigenvalue weighted by molar-refractivity contribution is -0.113. The van der Waals surface area contributed by atoms with Crippen LogP contribution in [0.15, 0.2) is 36.4 Å². The molecule has 0 saturated carbocycles. The van der Waals surface area contributed by atoms with Gasteiger partial charge in [-0.25, -0.2) is 4.79 Å². The predicted octanol–water partition coefficient (Wildman–Crippen LogP) is 5.35. The molecule has 2 rings (SSSR count). The minimum absolute atomic E-state index is 0.149. The summed E-state index contributed by atoms with van der Waals surface area (Å²) in [5, 5.41) is 4.00. The van der Waals surface area contributed by atoms with Crippen LogP contribution >= 0.6 is 35.0 Å². The normalized spacial score (nSPS) is 10.5. The van der Waals surface area contributed by atoms with Gasteiger partial charge in [-0.2, -0.15) is 0 Å². The van der Waals surface area contributed by atoms with Crippen LogP contribution in [-0.2, 0) is 15.3 Å². The van der Waals surface area contributed by atoms with Crippen LogP contribution in [-0.4, -0.2) is 24.2 Å². The second-order valence-electron chi connectivity index (χ2n) is 5.53. The number of rotatable bonds is 7. The van der Waals surface area contributed by atoms with Crippen LogP contribution in [0.3, 0.4) is 0 Å². The van der Waals surface area contributed by atoms with Gasteiger partial charge in [-0.05, 0) is 49.2 Å². The van der Waals surface area contributed by atoms with Crippen molar-refractivity contribution in [2.45, 2.75) is 19.6 Å². The molecule has 0 bridgehead atoms. The van der Waals surface area contributed by atoms with E-state index < -0.39 is 5.97 Å². The summed E-state index contributed by atoms with van der Waals surface area (Å²) >= 11 is 13.4. The number of amides is 1. The average Bonchev–Trinajstić information content (AvgIpc) is 2.59. The summed E-state index contributed by atoms with van der Waals surface area (Å²) in [4.78, 5) is 24.0. The first kappa shape index (κ1) is 20.6. The van der Waals surface area contributed by atoms with Gasteiger partial charge in [-0.1, -0.05) is 35.3 Å². The highest BCUT2D eigenvalue weighted by Crippen LogP contribution is 2.25. The molecule has 0 atom stereocenters. The summed E-state index contributed by atoms with van der Waals surface area (Å²) in [6.07, 6.45) is 0. The lowest BCUT2D eigenvalue weighted by Crippen LogP contribution is -2.16. The Morgan fingerprint density at radius 2 is 1.92 bits per heavy atom. The lowest BCUT2D eigenvalue weighted by atomic mass is 10.1. The zero-order valence-electron chi connectivity index (χ0n) is 14.5. The molecule has 1 N–H and O–H groups in total. The van der Waals surface area contributed by atoms with E-state index in [0.717, 1.165) is 11.1 Å². The smallest absolute Gasteiger partial charge is 0.338 e. The number of halogens is 2. The number of anilines is 1. The maximum atomic E-state index is 12.2. The molecule has 0 aromatic heterocycles. The minimum atomic E-state index is -0.408. The summed E-state index contributed by atoms with van der Waals surface area (Å²) in [7, 11) is 0. The summed E-state index contributed by atoms with van der Waals surface area (Å²) in [5.41, 5.74) is 2.81. The van der Waals surface area contributed by atoms with Crippen LogP contribution in [0.5, 0.6) is 0 Å². The van der Waals surface area contributed by atoms with Gasteiger partial charge in [0.15, 0.2) is 0 Å². The van der Waals surface area contributed by atoms with Crippen molar-refractivity contribution in [2.75, 3.05) is 17.7 Å². The largest absolute Gasteiger partial charge is 0.462 e. The van der Waals surface area contributed by atoms with E-state index in [1.54, 1.807) is 37.3 Å². The van der Waals surface area contributed by atoms with Crippen LogP contribution in [0.25, 0.3) is 0 Å². The number of carbonyl (C=O) groups excluding carboxylic acids is 2. The fourth-order valence-electron chi connectivity index (χ4n) is 2.18. The van der Waals surface area contributed by atoms with E-state index in [4.69, 9.17) is 27.9 Å². The van der Waals surface area contributed by atoms with Gasteiger partial charge in [-0.3, -0.25) is 4.79 Å². The van der Waals surface area contributed by atoms with E-state index in [-0.39, 0.29) is 11.7 Å². The van der Waals surface area contributed by atoms with E-state index in [0.29, 0.717) is 33.7 Å². The molecule has 0 aliphatic rings. The van der Waals surface area contributed by atoms with Crippen molar-refractivity contribution in [1.82, 2.24) is 0 Å². The Hall–Kier alpha value is -1.69. The zero-order valence-corrected chi connectivity index (χ0v) is 16.8. The molecular formula is C19H19Cl2NO3S. The van der Waals surface area contributed by atoms with Gasteiger partial charge in [0.25, 0.3) is 0 Å². The third-order valence-corrected chi connectivity index (χ3v) is 5.10. The number of hydrogen-bond donors (Lipinski definition) is 1. The molecule has 2 aromatic carbocycles.